The Kier molecular flexibility index (Phi) is 3.72. The third kappa shape index (κ3) is 2.23. The summed E-state index contributed by atoms with van der Waals surface area (Å²) in [6.45, 7) is 0. The minimum absolute atomic E-state index is 1.57. The molecular weight excluding hydrogens is 106 g/mol. The van der Waals surface area contributed by atoms with Crippen LogP contribution in [0.15, 0.2) is 0 Å². The second kappa shape index (κ2) is 3.80. The summed E-state index contributed by atoms with van der Waals surface area (Å²) in [5.41, 5.74) is 2.85. The molecule has 0 heterocycles. The van der Waals surface area contributed by atoms with Crippen LogP contribution in [0.1, 0.15) is 0 Å². The van der Waals surface area contributed by atoms with E-state index in [-0.39, 0.29) is 0 Å². The summed E-state index contributed by atoms with van der Waals surface area (Å²) < 4.78 is 0. The van der Waals surface area contributed by atoms with Crippen molar-refractivity contribution < 1.29 is 4.84 Å². The SMILES string of the molecule is CNN(C)N(C)OC. The quantitative estimate of drug-likeness (QED) is 0.505. The molecule has 0 saturated carbocycles. The Morgan fingerprint density at radius 1 is 1.38 bits per heavy atom. The largest absolute Gasteiger partial charge is 0.286 e. The first kappa shape index (κ1) is 7.84. The molecule has 0 aromatic rings. The van der Waals surface area contributed by atoms with Crippen LogP contribution >= 0.6 is 0 Å². The zero-order valence-electron chi connectivity index (χ0n) is 5.80. The molecule has 4 heteroatoms. The fourth-order valence-corrected chi connectivity index (χ4v) is 0.263. The van der Waals surface area contributed by atoms with E-state index >= 15 is 0 Å². The average Bonchev–Trinajstić information content (AvgIpc) is 1.84. The summed E-state index contributed by atoms with van der Waals surface area (Å²) in [7, 11) is 7.07. The number of hydrogen-bond acceptors (Lipinski definition) is 4. The lowest BCUT2D eigenvalue weighted by atomic mass is 11.2. The molecule has 4 nitrogen and oxygen atoms in total. The fourth-order valence-electron chi connectivity index (χ4n) is 0.263. The molecule has 0 aromatic carbocycles. The summed E-state index contributed by atoms with van der Waals surface area (Å²) in [6, 6.07) is 0. The molecule has 1 N–H and O–H groups in total. The lowest BCUT2D eigenvalue weighted by molar-refractivity contribution is -0.257. The molecule has 0 rings (SSSR count). The Labute approximate surface area is 49.9 Å². The maximum Gasteiger partial charge on any atom is 0.0592 e. The van der Waals surface area contributed by atoms with Crippen LogP contribution in [0, 0.1) is 0 Å². The van der Waals surface area contributed by atoms with Crippen LogP contribution in [-0.4, -0.2) is 38.5 Å². The van der Waals surface area contributed by atoms with Gasteiger partial charge in [-0.15, -0.1) is 5.17 Å². The molecule has 0 aromatic heterocycles. The lowest BCUT2D eigenvalue weighted by Gasteiger charge is -2.23. The van der Waals surface area contributed by atoms with Crippen LogP contribution in [0.5, 0.6) is 0 Å². The first-order chi connectivity index (χ1) is 3.72. The van der Waals surface area contributed by atoms with Gasteiger partial charge < -0.3 is 0 Å². The van der Waals surface area contributed by atoms with Gasteiger partial charge >= 0.3 is 0 Å². The van der Waals surface area contributed by atoms with Gasteiger partial charge in [0.15, 0.2) is 0 Å². The zero-order chi connectivity index (χ0) is 6.57. The highest BCUT2D eigenvalue weighted by Crippen LogP contribution is 1.80. The van der Waals surface area contributed by atoms with E-state index in [0.717, 1.165) is 0 Å². The smallest absolute Gasteiger partial charge is 0.0592 e. The van der Waals surface area contributed by atoms with Gasteiger partial charge in [-0.25, -0.2) is 5.43 Å². The molecule has 8 heavy (non-hydrogen) atoms. The van der Waals surface area contributed by atoms with Crippen molar-refractivity contribution >= 4 is 0 Å². The Hall–Kier alpha value is -0.160. The predicted octanol–water partition coefficient (Wildman–Crippen LogP) is -0.539. The van der Waals surface area contributed by atoms with Crippen LogP contribution in [0.3, 0.4) is 0 Å². The van der Waals surface area contributed by atoms with Gasteiger partial charge in [-0.2, -0.15) is 5.12 Å². The van der Waals surface area contributed by atoms with Crippen LogP contribution in [0.25, 0.3) is 0 Å². The number of rotatable bonds is 3. The Balaban J connectivity index is 3.29. The van der Waals surface area contributed by atoms with Crippen molar-refractivity contribution in [2.24, 2.45) is 0 Å². The highest BCUT2D eigenvalue weighted by atomic mass is 16.7. The Bertz CT molecular complexity index is 51.2. The second-order valence-corrected chi connectivity index (χ2v) is 1.39. The number of nitrogens with one attached hydrogen (secondary N) is 1. The Morgan fingerprint density at radius 2 is 1.88 bits per heavy atom. The molecule has 0 unspecified atom stereocenters. The van der Waals surface area contributed by atoms with Gasteiger partial charge in [0.1, 0.15) is 0 Å². The minimum atomic E-state index is 1.57. The zero-order valence-corrected chi connectivity index (χ0v) is 5.80. The number of hydrogen-bond donors (Lipinski definition) is 1. The third-order valence-electron chi connectivity index (χ3n) is 1.01. The molecule has 0 spiro atoms. The monoisotopic (exact) mass is 119 g/mol. The normalized spacial score (nSPS) is 11.2. The first-order valence-corrected chi connectivity index (χ1v) is 2.41. The molecule has 0 radical (unpaired) electrons. The third-order valence-corrected chi connectivity index (χ3v) is 1.01. The van der Waals surface area contributed by atoms with E-state index in [9.17, 15) is 0 Å². The fraction of sp³-hybridized carbons (Fsp3) is 1.00. The molecule has 50 valence electrons. The van der Waals surface area contributed by atoms with Gasteiger partial charge in [0, 0.05) is 21.1 Å². The highest BCUT2D eigenvalue weighted by Gasteiger charge is 1.97. The summed E-state index contributed by atoms with van der Waals surface area (Å²) in [4.78, 5) is 4.80. The lowest BCUT2D eigenvalue weighted by Crippen LogP contribution is -2.43. The van der Waals surface area contributed by atoms with Crippen molar-refractivity contribution in [3.8, 4) is 0 Å². The van der Waals surface area contributed by atoms with Crippen LogP contribution in [0.4, 0.5) is 0 Å². The van der Waals surface area contributed by atoms with Gasteiger partial charge in [-0.3, -0.25) is 4.84 Å². The van der Waals surface area contributed by atoms with Gasteiger partial charge in [-0.1, -0.05) is 0 Å². The van der Waals surface area contributed by atoms with Crippen molar-refractivity contribution in [2.75, 3.05) is 28.3 Å². The van der Waals surface area contributed by atoms with E-state index in [2.05, 4.69) is 5.43 Å². The molecule has 0 saturated heterocycles. The molecular formula is C4H13N3O. The van der Waals surface area contributed by atoms with E-state index in [0.29, 0.717) is 0 Å². The first-order valence-electron chi connectivity index (χ1n) is 2.41. The number of nitrogens with zero attached hydrogens (tertiary/aromatic N) is 2. The molecule has 0 aliphatic heterocycles. The minimum Gasteiger partial charge on any atom is -0.286 e. The van der Waals surface area contributed by atoms with E-state index in [1.807, 2.05) is 14.1 Å². The van der Waals surface area contributed by atoms with Crippen LogP contribution in [-0.2, 0) is 4.84 Å². The molecule has 0 fully saturated rings. The van der Waals surface area contributed by atoms with E-state index in [1.54, 1.807) is 24.4 Å². The van der Waals surface area contributed by atoms with E-state index < -0.39 is 0 Å². The highest BCUT2D eigenvalue weighted by molar-refractivity contribution is 4.17. The van der Waals surface area contributed by atoms with Gasteiger partial charge in [0.05, 0.1) is 7.11 Å². The summed E-state index contributed by atoms with van der Waals surface area (Å²) >= 11 is 0. The van der Waals surface area contributed by atoms with Crippen molar-refractivity contribution in [1.82, 2.24) is 15.7 Å². The average molecular weight is 119 g/mol. The molecule has 0 atom stereocenters. The molecule has 0 aliphatic rings. The van der Waals surface area contributed by atoms with Crippen molar-refractivity contribution in [3.63, 3.8) is 0 Å². The summed E-state index contributed by atoms with van der Waals surface area (Å²) in [5, 5.41) is 3.28. The van der Waals surface area contributed by atoms with Crippen LogP contribution in [0.2, 0.25) is 0 Å². The standard InChI is InChI=1S/C4H13N3O/c1-5-6(2)7(3)8-4/h5H,1-4H3. The van der Waals surface area contributed by atoms with Crippen molar-refractivity contribution in [3.05, 3.63) is 0 Å². The summed E-state index contributed by atoms with van der Waals surface area (Å²) in [6.07, 6.45) is 0. The van der Waals surface area contributed by atoms with Gasteiger partial charge in [-0.05, 0) is 0 Å². The summed E-state index contributed by atoms with van der Waals surface area (Å²) in [5.74, 6) is 0. The Morgan fingerprint density at radius 3 is 2.00 bits per heavy atom. The number of hydroxylamine groups is 1. The van der Waals surface area contributed by atoms with Gasteiger partial charge in [0.25, 0.3) is 0 Å². The molecule has 0 bridgehead atoms. The molecule has 0 amide bonds. The van der Waals surface area contributed by atoms with Crippen molar-refractivity contribution in [2.45, 2.75) is 0 Å². The maximum absolute atomic E-state index is 4.80. The maximum atomic E-state index is 4.80. The second-order valence-electron chi connectivity index (χ2n) is 1.39. The topological polar surface area (TPSA) is 27.7 Å². The van der Waals surface area contributed by atoms with E-state index in [1.165, 1.54) is 0 Å². The molecule has 0 aliphatic carbocycles. The van der Waals surface area contributed by atoms with Gasteiger partial charge in [0.2, 0.25) is 0 Å². The number of hydrazine groups is 2. The van der Waals surface area contributed by atoms with Crippen LogP contribution < -0.4 is 5.43 Å². The predicted molar refractivity (Wildman–Crippen MR) is 31.6 cm³/mol. The van der Waals surface area contributed by atoms with Crippen molar-refractivity contribution in [1.29, 1.82) is 0 Å². The van der Waals surface area contributed by atoms with E-state index in [4.69, 9.17) is 4.84 Å².